The molecule has 0 aromatic rings. The van der Waals surface area contributed by atoms with Crippen LogP contribution in [0.2, 0.25) is 0 Å². The smallest absolute Gasteiger partial charge is 0.250 e. The Morgan fingerprint density at radius 3 is 2.67 bits per heavy atom. The Morgan fingerprint density at radius 1 is 1.56 bits per heavy atom. The summed E-state index contributed by atoms with van der Waals surface area (Å²) in [6, 6.07) is 0. The molecule has 0 amide bonds. The minimum atomic E-state index is -0.264. The molecule has 0 bridgehead atoms. The van der Waals surface area contributed by atoms with Crippen LogP contribution in [0.5, 0.6) is 0 Å². The van der Waals surface area contributed by atoms with Gasteiger partial charge in [0.25, 0.3) is 6.29 Å². The first-order valence-corrected chi connectivity index (χ1v) is 2.65. The van der Waals surface area contributed by atoms with Crippen molar-refractivity contribution in [2.45, 2.75) is 6.29 Å². The third-order valence-electron chi connectivity index (χ3n) is 1.06. The average Bonchev–Trinajstić information content (AvgIpc) is 2.34. The van der Waals surface area contributed by atoms with Gasteiger partial charge in [-0.3, -0.25) is 0 Å². The third-order valence-corrected chi connectivity index (χ3v) is 1.06. The van der Waals surface area contributed by atoms with Gasteiger partial charge >= 0.3 is 0 Å². The molecular formula is C6H9O3. The lowest BCUT2D eigenvalue weighted by Gasteiger charge is -2.08. The molecule has 1 unspecified atom stereocenters. The van der Waals surface area contributed by atoms with E-state index < -0.39 is 0 Å². The first kappa shape index (κ1) is 6.74. The average molecular weight is 129 g/mol. The number of ether oxygens (including phenoxy) is 3. The number of rotatable bonds is 2. The van der Waals surface area contributed by atoms with Gasteiger partial charge in [-0.15, -0.1) is 0 Å². The van der Waals surface area contributed by atoms with Gasteiger partial charge in [0, 0.05) is 14.2 Å². The largest absolute Gasteiger partial charge is 0.352 e. The maximum Gasteiger partial charge on any atom is 0.250 e. The van der Waals surface area contributed by atoms with E-state index in [0.29, 0.717) is 6.29 Å². The molecular weight excluding hydrogens is 120 g/mol. The summed E-state index contributed by atoms with van der Waals surface area (Å²) < 4.78 is 14.6. The molecule has 51 valence electrons. The lowest BCUT2D eigenvalue weighted by atomic mass is 10.5. The Balaban J connectivity index is 2.31. The van der Waals surface area contributed by atoms with Crippen LogP contribution >= 0.6 is 0 Å². The summed E-state index contributed by atoms with van der Waals surface area (Å²) in [6.45, 7) is 0. The van der Waals surface area contributed by atoms with E-state index in [9.17, 15) is 0 Å². The summed E-state index contributed by atoms with van der Waals surface area (Å²) in [5.74, 6) is 0. The SMILES string of the molecule is CO[C]1C=CC(OC)O1. The molecule has 0 saturated heterocycles. The molecule has 0 aliphatic carbocycles. The van der Waals surface area contributed by atoms with Crippen molar-refractivity contribution in [3.63, 3.8) is 0 Å². The maximum absolute atomic E-state index is 5.02. The van der Waals surface area contributed by atoms with E-state index in [1.165, 1.54) is 0 Å². The van der Waals surface area contributed by atoms with Crippen molar-refractivity contribution in [1.82, 2.24) is 0 Å². The summed E-state index contributed by atoms with van der Waals surface area (Å²) in [7, 11) is 3.13. The zero-order valence-corrected chi connectivity index (χ0v) is 5.46. The number of methoxy groups -OCH3 is 2. The fourth-order valence-corrected chi connectivity index (χ4v) is 0.593. The first-order chi connectivity index (χ1) is 4.36. The molecule has 0 spiro atoms. The standard InChI is InChI=1S/C6H9O3/c1-7-5-3-4-6(8-2)9-5/h3-5H,1-2H3. The van der Waals surface area contributed by atoms with Crippen LogP contribution in [0.1, 0.15) is 0 Å². The first-order valence-electron chi connectivity index (χ1n) is 2.65. The van der Waals surface area contributed by atoms with Gasteiger partial charge < -0.3 is 14.2 Å². The summed E-state index contributed by atoms with van der Waals surface area (Å²) in [5.41, 5.74) is 0. The quantitative estimate of drug-likeness (QED) is 0.548. The molecule has 1 aliphatic heterocycles. The van der Waals surface area contributed by atoms with Crippen molar-refractivity contribution >= 4 is 0 Å². The molecule has 1 heterocycles. The molecule has 1 rings (SSSR count). The molecule has 0 saturated carbocycles. The molecule has 9 heavy (non-hydrogen) atoms. The van der Waals surface area contributed by atoms with Crippen molar-refractivity contribution in [2.75, 3.05) is 14.2 Å². The van der Waals surface area contributed by atoms with Crippen LogP contribution in [-0.4, -0.2) is 20.5 Å². The van der Waals surface area contributed by atoms with Crippen LogP contribution in [0.4, 0.5) is 0 Å². The monoisotopic (exact) mass is 129 g/mol. The van der Waals surface area contributed by atoms with E-state index in [1.54, 1.807) is 26.4 Å². The molecule has 0 N–H and O–H groups in total. The van der Waals surface area contributed by atoms with Crippen LogP contribution in [0, 0.1) is 6.29 Å². The zero-order chi connectivity index (χ0) is 6.69. The van der Waals surface area contributed by atoms with E-state index in [2.05, 4.69) is 0 Å². The normalized spacial score (nSPS) is 27.6. The second-order valence-electron chi connectivity index (χ2n) is 1.60. The highest BCUT2D eigenvalue weighted by atomic mass is 16.8. The lowest BCUT2D eigenvalue weighted by Crippen LogP contribution is -2.09. The topological polar surface area (TPSA) is 27.7 Å². The number of hydrogen-bond donors (Lipinski definition) is 0. The van der Waals surface area contributed by atoms with Crippen molar-refractivity contribution in [3.05, 3.63) is 18.4 Å². The summed E-state index contributed by atoms with van der Waals surface area (Å²) >= 11 is 0. The van der Waals surface area contributed by atoms with Gasteiger partial charge in [-0.2, -0.15) is 0 Å². The maximum atomic E-state index is 5.02. The summed E-state index contributed by atoms with van der Waals surface area (Å²) in [4.78, 5) is 0. The Bertz CT molecular complexity index is 98.9. The Hall–Kier alpha value is -0.380. The van der Waals surface area contributed by atoms with Crippen LogP contribution in [-0.2, 0) is 14.2 Å². The molecule has 0 fully saturated rings. The van der Waals surface area contributed by atoms with Gasteiger partial charge in [0.15, 0.2) is 6.29 Å². The van der Waals surface area contributed by atoms with Crippen LogP contribution in [0.15, 0.2) is 12.2 Å². The Labute approximate surface area is 54.2 Å². The molecule has 3 heteroatoms. The third kappa shape index (κ3) is 1.51. The second kappa shape index (κ2) is 2.96. The van der Waals surface area contributed by atoms with E-state index in [1.807, 2.05) is 0 Å². The minimum absolute atomic E-state index is 0.264. The molecule has 0 aromatic carbocycles. The Kier molecular flexibility index (Phi) is 2.22. The van der Waals surface area contributed by atoms with E-state index in [-0.39, 0.29) is 6.29 Å². The van der Waals surface area contributed by atoms with E-state index >= 15 is 0 Å². The summed E-state index contributed by atoms with van der Waals surface area (Å²) in [6.07, 6.45) is 3.74. The molecule has 1 atom stereocenters. The van der Waals surface area contributed by atoms with Gasteiger partial charge in [0.2, 0.25) is 0 Å². The van der Waals surface area contributed by atoms with Crippen molar-refractivity contribution in [2.24, 2.45) is 0 Å². The zero-order valence-electron chi connectivity index (χ0n) is 5.46. The highest BCUT2D eigenvalue weighted by Crippen LogP contribution is 2.17. The Morgan fingerprint density at radius 2 is 2.33 bits per heavy atom. The van der Waals surface area contributed by atoms with Gasteiger partial charge in [-0.25, -0.2) is 0 Å². The van der Waals surface area contributed by atoms with Crippen molar-refractivity contribution in [3.8, 4) is 0 Å². The van der Waals surface area contributed by atoms with Crippen LogP contribution in [0.3, 0.4) is 0 Å². The van der Waals surface area contributed by atoms with Gasteiger partial charge in [-0.1, -0.05) is 0 Å². The fraction of sp³-hybridized carbons (Fsp3) is 0.500. The highest BCUT2D eigenvalue weighted by molar-refractivity contribution is 5.05. The molecule has 1 aliphatic rings. The van der Waals surface area contributed by atoms with Crippen molar-refractivity contribution in [1.29, 1.82) is 0 Å². The minimum Gasteiger partial charge on any atom is -0.352 e. The summed E-state index contributed by atoms with van der Waals surface area (Å²) in [5, 5.41) is 0. The van der Waals surface area contributed by atoms with Crippen molar-refractivity contribution < 1.29 is 14.2 Å². The van der Waals surface area contributed by atoms with E-state index in [0.717, 1.165) is 0 Å². The number of hydrogen-bond acceptors (Lipinski definition) is 3. The highest BCUT2D eigenvalue weighted by Gasteiger charge is 2.18. The predicted octanol–water partition coefficient (Wildman–Crippen LogP) is 0.681. The second-order valence-corrected chi connectivity index (χ2v) is 1.60. The lowest BCUT2D eigenvalue weighted by molar-refractivity contribution is -0.117. The predicted molar refractivity (Wildman–Crippen MR) is 31.3 cm³/mol. The molecule has 0 aromatic heterocycles. The van der Waals surface area contributed by atoms with Crippen LogP contribution in [0.25, 0.3) is 0 Å². The van der Waals surface area contributed by atoms with Gasteiger partial charge in [-0.05, 0) is 12.2 Å². The molecule has 3 nitrogen and oxygen atoms in total. The van der Waals surface area contributed by atoms with Gasteiger partial charge in [0.05, 0.1) is 0 Å². The van der Waals surface area contributed by atoms with Crippen LogP contribution < -0.4 is 0 Å². The van der Waals surface area contributed by atoms with E-state index in [4.69, 9.17) is 14.2 Å². The molecule has 1 radical (unpaired) electrons. The fourth-order valence-electron chi connectivity index (χ4n) is 0.593. The van der Waals surface area contributed by atoms with Gasteiger partial charge in [0.1, 0.15) is 0 Å².